The van der Waals surface area contributed by atoms with E-state index in [4.69, 9.17) is 9.97 Å². The molecular formula is C37H25N3S. The van der Waals surface area contributed by atoms with Crippen molar-refractivity contribution in [2.45, 2.75) is 19.3 Å². The lowest BCUT2D eigenvalue weighted by molar-refractivity contribution is 0.635. The van der Waals surface area contributed by atoms with Gasteiger partial charge in [-0.25, -0.2) is 9.97 Å². The molecule has 194 valence electrons. The second-order valence-electron chi connectivity index (χ2n) is 11.4. The standard InChI is InChI=1S/C37H25N3S/c1-37(2)28-17-9-6-16-25(28)33-34(37)38-35(22-12-4-3-5-13-22)39-36(33)40-29-18-10-7-14-23(29)26-21-32-27(20-30(26)40)24-15-8-11-19-31(24)41-32/h3-21H,1-2H3. The third-order valence-corrected chi connectivity index (χ3v) is 9.90. The van der Waals surface area contributed by atoms with Crippen molar-refractivity contribution in [3.63, 3.8) is 0 Å². The number of hydrogen-bond donors (Lipinski definition) is 0. The smallest absolute Gasteiger partial charge is 0.161 e. The Bertz CT molecular complexity index is 2340. The molecule has 0 aliphatic heterocycles. The van der Waals surface area contributed by atoms with E-state index in [1.807, 2.05) is 17.4 Å². The van der Waals surface area contributed by atoms with Gasteiger partial charge in [-0.05, 0) is 35.4 Å². The van der Waals surface area contributed by atoms with Crippen molar-refractivity contribution in [1.29, 1.82) is 0 Å². The Kier molecular flexibility index (Phi) is 4.55. The fourth-order valence-electron chi connectivity index (χ4n) is 6.82. The molecule has 0 atom stereocenters. The Morgan fingerprint density at radius 2 is 1.34 bits per heavy atom. The largest absolute Gasteiger partial charge is 0.293 e. The van der Waals surface area contributed by atoms with Crippen molar-refractivity contribution in [2.24, 2.45) is 0 Å². The minimum Gasteiger partial charge on any atom is -0.293 e. The van der Waals surface area contributed by atoms with Crippen LogP contribution in [0.4, 0.5) is 0 Å². The molecule has 0 bridgehead atoms. The van der Waals surface area contributed by atoms with Crippen molar-refractivity contribution in [2.75, 3.05) is 0 Å². The molecule has 3 nitrogen and oxygen atoms in total. The first-order chi connectivity index (χ1) is 20.1. The van der Waals surface area contributed by atoms with Gasteiger partial charge in [-0.3, -0.25) is 4.57 Å². The fraction of sp³-hybridized carbons (Fsp3) is 0.0811. The topological polar surface area (TPSA) is 30.7 Å². The van der Waals surface area contributed by atoms with Crippen LogP contribution >= 0.6 is 11.3 Å². The second-order valence-corrected chi connectivity index (χ2v) is 12.5. The molecule has 0 amide bonds. The Morgan fingerprint density at radius 1 is 0.610 bits per heavy atom. The number of benzene rings is 5. The third kappa shape index (κ3) is 3.08. The molecule has 0 spiro atoms. The molecule has 41 heavy (non-hydrogen) atoms. The zero-order valence-corrected chi connectivity index (χ0v) is 23.5. The van der Waals surface area contributed by atoms with E-state index in [-0.39, 0.29) is 5.41 Å². The van der Waals surface area contributed by atoms with Crippen LogP contribution in [0.25, 0.3) is 70.3 Å². The van der Waals surface area contributed by atoms with Crippen molar-refractivity contribution in [3.8, 4) is 28.3 Å². The van der Waals surface area contributed by atoms with E-state index >= 15 is 0 Å². The molecule has 0 unspecified atom stereocenters. The molecule has 1 aliphatic carbocycles. The maximum Gasteiger partial charge on any atom is 0.161 e. The number of rotatable bonds is 2. The molecule has 8 aromatic rings. The average molecular weight is 544 g/mol. The molecule has 3 aromatic heterocycles. The lowest BCUT2D eigenvalue weighted by Gasteiger charge is -2.21. The number of thiophene rings is 1. The van der Waals surface area contributed by atoms with E-state index in [1.54, 1.807) is 0 Å². The summed E-state index contributed by atoms with van der Waals surface area (Å²) >= 11 is 1.87. The SMILES string of the molecule is CC1(C)c2ccccc2-c2c(-n3c4ccccc4c4cc5sc6ccccc6c5cc43)nc(-c3ccccc3)nc21. The van der Waals surface area contributed by atoms with Crippen LogP contribution < -0.4 is 0 Å². The molecule has 0 fully saturated rings. The minimum absolute atomic E-state index is 0.247. The summed E-state index contributed by atoms with van der Waals surface area (Å²) < 4.78 is 5.02. The fourth-order valence-corrected chi connectivity index (χ4v) is 7.94. The van der Waals surface area contributed by atoms with Gasteiger partial charge in [-0.2, -0.15) is 0 Å². The van der Waals surface area contributed by atoms with E-state index < -0.39 is 0 Å². The maximum absolute atomic E-state index is 5.41. The molecule has 0 N–H and O–H groups in total. The monoisotopic (exact) mass is 543 g/mol. The van der Waals surface area contributed by atoms with Crippen LogP contribution in [-0.2, 0) is 5.41 Å². The zero-order valence-electron chi connectivity index (χ0n) is 22.7. The van der Waals surface area contributed by atoms with E-state index in [9.17, 15) is 0 Å². The van der Waals surface area contributed by atoms with Crippen LogP contribution in [0.5, 0.6) is 0 Å². The summed E-state index contributed by atoms with van der Waals surface area (Å²) in [5.74, 6) is 1.70. The van der Waals surface area contributed by atoms with Crippen LogP contribution in [0, 0.1) is 0 Å². The Balaban J connectivity index is 1.48. The number of para-hydroxylation sites is 1. The Hall–Kier alpha value is -4.80. The van der Waals surface area contributed by atoms with Crippen molar-refractivity contribution in [1.82, 2.24) is 14.5 Å². The predicted octanol–water partition coefficient (Wildman–Crippen LogP) is 9.91. The highest BCUT2D eigenvalue weighted by Gasteiger charge is 2.40. The molecule has 0 saturated carbocycles. The third-order valence-electron chi connectivity index (χ3n) is 8.77. The van der Waals surface area contributed by atoms with Gasteiger partial charge in [-0.1, -0.05) is 105 Å². The molecule has 0 radical (unpaired) electrons. The minimum atomic E-state index is -0.247. The maximum atomic E-state index is 5.41. The highest BCUT2D eigenvalue weighted by Crippen LogP contribution is 2.51. The number of hydrogen-bond acceptors (Lipinski definition) is 3. The highest BCUT2D eigenvalue weighted by atomic mass is 32.1. The van der Waals surface area contributed by atoms with Gasteiger partial charge in [0.25, 0.3) is 0 Å². The molecule has 9 rings (SSSR count). The number of aromatic nitrogens is 3. The van der Waals surface area contributed by atoms with E-state index in [1.165, 1.54) is 47.6 Å². The normalized spacial score (nSPS) is 13.8. The van der Waals surface area contributed by atoms with Gasteiger partial charge >= 0.3 is 0 Å². The zero-order chi connectivity index (χ0) is 27.3. The van der Waals surface area contributed by atoms with Gasteiger partial charge in [-0.15, -0.1) is 11.3 Å². The van der Waals surface area contributed by atoms with Gasteiger partial charge in [0.15, 0.2) is 5.82 Å². The van der Waals surface area contributed by atoms with Gasteiger partial charge < -0.3 is 0 Å². The van der Waals surface area contributed by atoms with Crippen LogP contribution in [0.15, 0.2) is 115 Å². The van der Waals surface area contributed by atoms with E-state index in [0.29, 0.717) is 0 Å². The van der Waals surface area contributed by atoms with E-state index in [2.05, 4.69) is 128 Å². The molecule has 1 aliphatic rings. The lowest BCUT2D eigenvalue weighted by atomic mass is 9.85. The molecule has 4 heteroatoms. The van der Waals surface area contributed by atoms with Gasteiger partial charge in [0.2, 0.25) is 0 Å². The van der Waals surface area contributed by atoms with Gasteiger partial charge in [0, 0.05) is 47.5 Å². The van der Waals surface area contributed by atoms with Gasteiger partial charge in [0.1, 0.15) is 5.82 Å². The lowest BCUT2D eigenvalue weighted by Crippen LogP contribution is -2.18. The van der Waals surface area contributed by atoms with Crippen LogP contribution in [0.2, 0.25) is 0 Å². The summed E-state index contributed by atoms with van der Waals surface area (Å²) in [5, 5.41) is 5.08. The first-order valence-corrected chi connectivity index (χ1v) is 14.8. The van der Waals surface area contributed by atoms with Gasteiger partial charge in [0.05, 0.1) is 16.7 Å². The summed E-state index contributed by atoms with van der Waals surface area (Å²) in [6, 6.07) is 41.3. The molecular weight excluding hydrogens is 518 g/mol. The molecule has 3 heterocycles. The van der Waals surface area contributed by atoms with Crippen LogP contribution in [-0.4, -0.2) is 14.5 Å². The van der Waals surface area contributed by atoms with Crippen molar-refractivity contribution in [3.05, 3.63) is 127 Å². The quantitative estimate of drug-likeness (QED) is 0.217. The molecule has 5 aromatic carbocycles. The number of nitrogens with zero attached hydrogens (tertiary/aromatic N) is 3. The first kappa shape index (κ1) is 23.0. The van der Waals surface area contributed by atoms with Crippen LogP contribution in [0.1, 0.15) is 25.1 Å². The van der Waals surface area contributed by atoms with Crippen molar-refractivity contribution < 1.29 is 0 Å². The predicted molar refractivity (Wildman–Crippen MR) is 172 cm³/mol. The average Bonchev–Trinajstić information content (AvgIpc) is 3.62. The van der Waals surface area contributed by atoms with Crippen molar-refractivity contribution >= 4 is 53.3 Å². The number of fused-ring (bicyclic) bond motifs is 9. The van der Waals surface area contributed by atoms with Crippen LogP contribution in [0.3, 0.4) is 0 Å². The first-order valence-electron chi connectivity index (χ1n) is 14.0. The highest BCUT2D eigenvalue weighted by molar-refractivity contribution is 7.25. The summed E-state index contributed by atoms with van der Waals surface area (Å²) in [5.41, 5.74) is 7.82. The Morgan fingerprint density at radius 3 is 2.22 bits per heavy atom. The Labute approximate surface area is 241 Å². The second kappa shape index (κ2) is 8.12. The summed E-state index contributed by atoms with van der Waals surface area (Å²) in [7, 11) is 0. The summed E-state index contributed by atoms with van der Waals surface area (Å²) in [6.45, 7) is 4.58. The van der Waals surface area contributed by atoms with E-state index in [0.717, 1.165) is 34.0 Å². The summed E-state index contributed by atoms with van der Waals surface area (Å²) in [6.07, 6.45) is 0. The molecule has 0 saturated heterocycles. The summed E-state index contributed by atoms with van der Waals surface area (Å²) in [4.78, 5) is 10.7.